The third-order valence-corrected chi connectivity index (χ3v) is 5.25. The number of hydrogen-bond donors (Lipinski definition) is 0. The van der Waals surface area contributed by atoms with Crippen LogP contribution in [0.1, 0.15) is 30.5 Å². The average molecular weight is 422 g/mol. The first-order valence-electron chi connectivity index (χ1n) is 9.69. The summed E-state index contributed by atoms with van der Waals surface area (Å²) in [4.78, 5) is 15.9. The highest BCUT2D eigenvalue weighted by Crippen LogP contribution is 2.31. The lowest BCUT2D eigenvalue weighted by Gasteiger charge is -2.14. The van der Waals surface area contributed by atoms with Gasteiger partial charge in [0.15, 0.2) is 16.6 Å². The van der Waals surface area contributed by atoms with Crippen molar-refractivity contribution in [3.8, 4) is 17.6 Å². The molecule has 1 amide bonds. The van der Waals surface area contributed by atoms with E-state index in [0.717, 1.165) is 11.1 Å². The maximum atomic E-state index is 12.6. The van der Waals surface area contributed by atoms with Crippen molar-refractivity contribution >= 4 is 29.3 Å². The molecule has 0 atom stereocenters. The SMILES string of the molecule is CCOc1cc(C=C2C(=O)N(CC)C(=S)N2C)ccc1OCc1ccccc1C#N. The van der Waals surface area contributed by atoms with Gasteiger partial charge in [-0.3, -0.25) is 9.69 Å². The van der Waals surface area contributed by atoms with Crippen molar-refractivity contribution in [2.45, 2.75) is 20.5 Å². The molecule has 1 heterocycles. The zero-order valence-corrected chi connectivity index (χ0v) is 18.0. The number of likely N-dealkylation sites (N-methyl/N-ethyl adjacent to an activating group) is 2. The zero-order valence-electron chi connectivity index (χ0n) is 17.2. The first-order valence-corrected chi connectivity index (χ1v) is 10.1. The largest absolute Gasteiger partial charge is 0.490 e. The number of amides is 1. The fourth-order valence-corrected chi connectivity index (χ4v) is 3.47. The molecule has 2 aromatic rings. The Labute approximate surface area is 181 Å². The molecule has 1 fully saturated rings. The van der Waals surface area contributed by atoms with Gasteiger partial charge in [-0.1, -0.05) is 24.3 Å². The van der Waals surface area contributed by atoms with Crippen LogP contribution < -0.4 is 9.47 Å². The second-order valence-electron chi connectivity index (χ2n) is 6.62. The van der Waals surface area contributed by atoms with Crippen LogP contribution in [-0.2, 0) is 11.4 Å². The Kier molecular flexibility index (Phi) is 6.70. The molecule has 0 N–H and O–H groups in total. The summed E-state index contributed by atoms with van der Waals surface area (Å²) in [6.07, 6.45) is 1.79. The van der Waals surface area contributed by atoms with Crippen LogP contribution in [-0.4, -0.2) is 41.0 Å². The van der Waals surface area contributed by atoms with Gasteiger partial charge in [0, 0.05) is 19.2 Å². The number of benzene rings is 2. The Morgan fingerprint density at radius 2 is 1.90 bits per heavy atom. The van der Waals surface area contributed by atoms with Crippen LogP contribution in [0.5, 0.6) is 11.5 Å². The Balaban J connectivity index is 1.86. The lowest BCUT2D eigenvalue weighted by molar-refractivity contribution is -0.122. The lowest BCUT2D eigenvalue weighted by Crippen LogP contribution is -2.30. The van der Waals surface area contributed by atoms with E-state index in [-0.39, 0.29) is 12.5 Å². The molecule has 0 radical (unpaired) electrons. The van der Waals surface area contributed by atoms with Crippen LogP contribution in [0.25, 0.3) is 6.08 Å². The number of ether oxygens (including phenoxy) is 2. The number of thiocarbonyl (C=S) groups is 1. The van der Waals surface area contributed by atoms with E-state index in [0.29, 0.717) is 41.0 Å². The molecule has 1 aliphatic rings. The molecule has 30 heavy (non-hydrogen) atoms. The number of rotatable bonds is 7. The van der Waals surface area contributed by atoms with Crippen LogP contribution in [0, 0.1) is 11.3 Å². The number of hydrogen-bond acceptors (Lipinski definition) is 5. The smallest absolute Gasteiger partial charge is 0.276 e. The molecule has 0 unspecified atom stereocenters. The fraction of sp³-hybridized carbons (Fsp3) is 0.261. The van der Waals surface area contributed by atoms with Gasteiger partial charge in [-0.15, -0.1) is 0 Å². The summed E-state index contributed by atoms with van der Waals surface area (Å²) in [5.41, 5.74) is 2.70. The summed E-state index contributed by atoms with van der Waals surface area (Å²) < 4.78 is 11.7. The van der Waals surface area contributed by atoms with E-state index in [1.54, 1.807) is 29.0 Å². The van der Waals surface area contributed by atoms with Crippen LogP contribution in [0.4, 0.5) is 0 Å². The van der Waals surface area contributed by atoms with E-state index in [4.69, 9.17) is 21.7 Å². The van der Waals surface area contributed by atoms with Gasteiger partial charge in [-0.05, 0) is 55.9 Å². The van der Waals surface area contributed by atoms with Gasteiger partial charge < -0.3 is 14.4 Å². The molecule has 0 bridgehead atoms. The molecule has 1 aliphatic heterocycles. The van der Waals surface area contributed by atoms with Gasteiger partial charge in [0.05, 0.1) is 18.2 Å². The summed E-state index contributed by atoms with van der Waals surface area (Å²) in [5, 5.41) is 9.74. The zero-order chi connectivity index (χ0) is 21.7. The first-order chi connectivity index (χ1) is 14.5. The molecule has 0 spiro atoms. The second-order valence-corrected chi connectivity index (χ2v) is 6.98. The van der Waals surface area contributed by atoms with Crippen LogP contribution in [0.15, 0.2) is 48.2 Å². The Hall–Kier alpha value is -3.37. The second kappa shape index (κ2) is 9.42. The van der Waals surface area contributed by atoms with Crippen LogP contribution in [0.3, 0.4) is 0 Å². The Bertz CT molecular complexity index is 1040. The van der Waals surface area contributed by atoms with E-state index in [1.165, 1.54) is 0 Å². The first kappa shape index (κ1) is 21.3. The van der Waals surface area contributed by atoms with E-state index >= 15 is 0 Å². The molecule has 0 aromatic heterocycles. The van der Waals surface area contributed by atoms with Gasteiger partial charge in [-0.25, -0.2) is 0 Å². The molecule has 154 valence electrons. The van der Waals surface area contributed by atoms with E-state index in [2.05, 4.69) is 6.07 Å². The van der Waals surface area contributed by atoms with Gasteiger partial charge in [-0.2, -0.15) is 5.26 Å². The highest BCUT2D eigenvalue weighted by molar-refractivity contribution is 7.80. The molecule has 2 aromatic carbocycles. The van der Waals surface area contributed by atoms with E-state index in [1.807, 2.05) is 50.2 Å². The highest BCUT2D eigenvalue weighted by Gasteiger charge is 2.34. The monoisotopic (exact) mass is 421 g/mol. The highest BCUT2D eigenvalue weighted by atomic mass is 32.1. The average Bonchev–Trinajstić information content (AvgIpc) is 2.96. The van der Waals surface area contributed by atoms with Crippen molar-refractivity contribution in [1.82, 2.24) is 9.80 Å². The van der Waals surface area contributed by atoms with Crippen molar-refractivity contribution in [2.75, 3.05) is 20.2 Å². The van der Waals surface area contributed by atoms with Gasteiger partial charge >= 0.3 is 0 Å². The quantitative estimate of drug-likeness (QED) is 0.498. The predicted octanol–water partition coefficient (Wildman–Crippen LogP) is 3.96. The fourth-order valence-electron chi connectivity index (χ4n) is 3.16. The maximum Gasteiger partial charge on any atom is 0.276 e. The maximum absolute atomic E-state index is 12.6. The molecular weight excluding hydrogens is 398 g/mol. The summed E-state index contributed by atoms with van der Waals surface area (Å²) >= 11 is 5.34. The van der Waals surface area contributed by atoms with Crippen LogP contribution >= 0.6 is 12.2 Å². The molecule has 0 saturated carbocycles. The van der Waals surface area contributed by atoms with E-state index in [9.17, 15) is 10.1 Å². The van der Waals surface area contributed by atoms with Crippen molar-refractivity contribution in [3.63, 3.8) is 0 Å². The normalized spacial score (nSPS) is 14.9. The molecular formula is C23H23N3O3S. The van der Waals surface area contributed by atoms with Crippen molar-refractivity contribution in [2.24, 2.45) is 0 Å². The summed E-state index contributed by atoms with van der Waals surface area (Å²) in [5.74, 6) is 1.03. The predicted molar refractivity (Wildman–Crippen MR) is 119 cm³/mol. The van der Waals surface area contributed by atoms with Crippen molar-refractivity contribution < 1.29 is 14.3 Å². The standard InChI is InChI=1S/C23H23N3O3S/c1-4-26-22(27)19(25(3)23(26)30)12-16-10-11-20(21(13-16)28-5-2)29-15-18-9-7-6-8-17(18)14-24/h6-13H,4-5,15H2,1-3H3. The van der Waals surface area contributed by atoms with E-state index < -0.39 is 0 Å². The van der Waals surface area contributed by atoms with Crippen LogP contribution in [0.2, 0.25) is 0 Å². The topological polar surface area (TPSA) is 65.8 Å². The lowest BCUT2D eigenvalue weighted by atomic mass is 10.1. The third-order valence-electron chi connectivity index (χ3n) is 4.75. The summed E-state index contributed by atoms with van der Waals surface area (Å²) in [6.45, 7) is 5.04. The molecule has 1 saturated heterocycles. The minimum atomic E-state index is -0.114. The molecule has 3 rings (SSSR count). The minimum Gasteiger partial charge on any atom is -0.490 e. The Morgan fingerprint density at radius 1 is 1.13 bits per heavy atom. The summed E-state index contributed by atoms with van der Waals surface area (Å²) in [6, 6.07) is 15.0. The van der Waals surface area contributed by atoms with Gasteiger partial charge in [0.1, 0.15) is 12.3 Å². The number of carbonyl (C=O) groups excluding carboxylic acids is 1. The number of carbonyl (C=O) groups is 1. The van der Waals surface area contributed by atoms with Gasteiger partial charge in [0.25, 0.3) is 5.91 Å². The van der Waals surface area contributed by atoms with Crippen molar-refractivity contribution in [1.29, 1.82) is 5.26 Å². The summed E-state index contributed by atoms with van der Waals surface area (Å²) in [7, 11) is 1.79. The molecule has 0 aliphatic carbocycles. The molecule has 6 nitrogen and oxygen atoms in total. The number of nitrogens with zero attached hydrogens (tertiary/aromatic N) is 3. The number of nitriles is 1. The van der Waals surface area contributed by atoms with Gasteiger partial charge in [0.2, 0.25) is 0 Å². The van der Waals surface area contributed by atoms with Crippen molar-refractivity contribution in [3.05, 3.63) is 64.9 Å². The minimum absolute atomic E-state index is 0.114. The third kappa shape index (κ3) is 4.29. The Morgan fingerprint density at radius 3 is 2.57 bits per heavy atom. The molecule has 7 heteroatoms.